The summed E-state index contributed by atoms with van der Waals surface area (Å²) in [4.78, 5) is 0. The number of rotatable bonds is 6. The summed E-state index contributed by atoms with van der Waals surface area (Å²) in [5.74, 6) is 0.994. The molecule has 0 aliphatic carbocycles. The van der Waals surface area contributed by atoms with Gasteiger partial charge in [-0.1, -0.05) is 83.9 Å². The highest BCUT2D eigenvalue weighted by molar-refractivity contribution is 7.72. The van der Waals surface area contributed by atoms with E-state index in [2.05, 4.69) is 5.09 Å². The molecule has 1 N–H and O–H groups in total. The summed E-state index contributed by atoms with van der Waals surface area (Å²) in [6, 6.07) is 20.8. The van der Waals surface area contributed by atoms with Crippen molar-refractivity contribution in [2.24, 2.45) is 0 Å². The van der Waals surface area contributed by atoms with Crippen LogP contribution >= 0.6 is 30.5 Å². The second-order valence-corrected chi connectivity index (χ2v) is 9.10. The van der Waals surface area contributed by atoms with Gasteiger partial charge in [-0.05, 0) is 23.3 Å². The topological polar surface area (TPSA) is 29.1 Å². The second-order valence-electron chi connectivity index (χ2n) is 6.13. The Bertz CT molecular complexity index is 1040. The maximum atomic E-state index is 14.2. The van der Waals surface area contributed by atoms with Gasteiger partial charge in [-0.3, -0.25) is 4.57 Å². The molecule has 0 aliphatic rings. The largest absolute Gasteiger partial charge is 0.328 e. The van der Waals surface area contributed by atoms with Crippen LogP contribution in [0, 0.1) is 11.6 Å². The van der Waals surface area contributed by atoms with E-state index < -0.39 is 18.9 Å². The summed E-state index contributed by atoms with van der Waals surface area (Å²) < 4.78 is 41.1. The predicted molar refractivity (Wildman–Crippen MR) is 118 cm³/mol. The molecule has 148 valence electrons. The summed E-state index contributed by atoms with van der Waals surface area (Å²) >= 11 is 12.7. The fraction of sp³-hybridized carbons (Fsp3) is 0. The standard InChI is InChI=1S/C22H16Cl2F2NOP/c23-19(16-7-3-1-4-8-16)14-29(28,15-20(24)17-9-5-2-6-10-17)27-22-12-11-18(25)13-21(22)26/h1-15H,(H,27,28)/b19-14+,20-15?. The third-order valence-corrected chi connectivity index (χ3v) is 6.77. The molecule has 29 heavy (non-hydrogen) atoms. The quantitative estimate of drug-likeness (QED) is 0.384. The Morgan fingerprint density at radius 1 is 0.793 bits per heavy atom. The van der Waals surface area contributed by atoms with Crippen LogP contribution in [0.25, 0.3) is 10.1 Å². The third kappa shape index (κ3) is 5.80. The summed E-state index contributed by atoms with van der Waals surface area (Å²) in [5, 5.41) is 3.06. The van der Waals surface area contributed by atoms with E-state index in [1.165, 1.54) is 17.7 Å². The Hall–Kier alpha value is -2.39. The van der Waals surface area contributed by atoms with Gasteiger partial charge in [-0.25, -0.2) is 8.78 Å². The summed E-state index contributed by atoms with van der Waals surface area (Å²) in [6.07, 6.45) is 0. The first-order valence-corrected chi connectivity index (χ1v) is 11.2. The average Bonchev–Trinajstić information content (AvgIpc) is 2.71. The second kappa shape index (κ2) is 9.41. The van der Waals surface area contributed by atoms with Crippen molar-refractivity contribution in [1.29, 1.82) is 0 Å². The van der Waals surface area contributed by atoms with E-state index in [1.54, 1.807) is 48.5 Å². The first kappa shape index (κ1) is 21.3. The summed E-state index contributed by atoms with van der Waals surface area (Å²) in [7, 11) is -3.63. The lowest BCUT2D eigenvalue weighted by Crippen LogP contribution is -1.97. The lowest BCUT2D eigenvalue weighted by Gasteiger charge is -2.16. The highest BCUT2D eigenvalue weighted by Crippen LogP contribution is 2.53. The molecule has 0 bridgehead atoms. The van der Waals surface area contributed by atoms with Crippen molar-refractivity contribution in [3.63, 3.8) is 0 Å². The maximum absolute atomic E-state index is 14.2. The number of hydrogen-bond acceptors (Lipinski definition) is 1. The Morgan fingerprint density at radius 3 is 1.72 bits per heavy atom. The molecule has 0 aromatic heterocycles. The van der Waals surface area contributed by atoms with Gasteiger partial charge in [0.25, 0.3) is 0 Å². The van der Waals surface area contributed by atoms with E-state index in [9.17, 15) is 13.3 Å². The molecule has 0 amide bonds. The molecule has 0 heterocycles. The van der Waals surface area contributed by atoms with Crippen molar-refractivity contribution < 1.29 is 13.3 Å². The van der Waals surface area contributed by atoms with E-state index in [1.807, 2.05) is 12.1 Å². The fourth-order valence-corrected chi connectivity index (χ4v) is 5.41. The van der Waals surface area contributed by atoms with E-state index >= 15 is 0 Å². The Labute approximate surface area is 177 Å². The number of hydrogen-bond donors (Lipinski definition) is 1. The number of benzene rings is 3. The van der Waals surface area contributed by atoms with Crippen LogP contribution in [0.5, 0.6) is 0 Å². The minimum Gasteiger partial charge on any atom is -0.328 e. The molecular formula is C22H16Cl2F2NOP. The molecule has 0 fully saturated rings. The molecule has 2 nitrogen and oxygen atoms in total. The van der Waals surface area contributed by atoms with Crippen molar-refractivity contribution in [2.45, 2.75) is 0 Å². The third-order valence-electron chi connectivity index (χ3n) is 3.94. The summed E-state index contributed by atoms with van der Waals surface area (Å²) in [5.41, 5.74) is 1.15. The smallest absolute Gasteiger partial charge is 0.216 e. The molecule has 0 saturated heterocycles. The van der Waals surface area contributed by atoms with Crippen molar-refractivity contribution in [2.75, 3.05) is 5.09 Å². The SMILES string of the molecule is O=P(C=C(Cl)c1ccccc1)(/C=C(/Cl)c1ccccc1)Nc1ccc(F)cc1F. The first-order valence-electron chi connectivity index (χ1n) is 8.57. The molecule has 0 spiro atoms. The van der Waals surface area contributed by atoms with E-state index in [0.29, 0.717) is 17.2 Å². The Kier molecular flexibility index (Phi) is 6.92. The summed E-state index contributed by atoms with van der Waals surface area (Å²) in [6.45, 7) is 0. The van der Waals surface area contributed by atoms with Crippen LogP contribution < -0.4 is 5.09 Å². The zero-order valence-corrected chi connectivity index (χ0v) is 17.4. The molecular weight excluding hydrogens is 434 g/mol. The van der Waals surface area contributed by atoms with E-state index in [-0.39, 0.29) is 15.8 Å². The predicted octanol–water partition coefficient (Wildman–Crippen LogP) is 8.13. The molecule has 7 heteroatoms. The van der Waals surface area contributed by atoms with Gasteiger partial charge in [-0.15, -0.1) is 0 Å². The normalized spacial score (nSPS) is 14.3. The van der Waals surface area contributed by atoms with Crippen molar-refractivity contribution >= 4 is 46.2 Å². The fourth-order valence-electron chi connectivity index (χ4n) is 2.55. The van der Waals surface area contributed by atoms with E-state index in [0.717, 1.165) is 6.07 Å². The van der Waals surface area contributed by atoms with Gasteiger partial charge >= 0.3 is 0 Å². The highest BCUT2D eigenvalue weighted by Gasteiger charge is 2.21. The molecule has 0 saturated carbocycles. The molecule has 3 aromatic rings. The van der Waals surface area contributed by atoms with Gasteiger partial charge in [0.1, 0.15) is 11.6 Å². The minimum atomic E-state index is -3.63. The van der Waals surface area contributed by atoms with Crippen LogP contribution in [0.1, 0.15) is 11.1 Å². The molecule has 0 aliphatic heterocycles. The van der Waals surface area contributed by atoms with Crippen molar-refractivity contribution in [3.05, 3.63) is 113 Å². The van der Waals surface area contributed by atoms with Gasteiger partial charge in [0.05, 0.1) is 15.8 Å². The van der Waals surface area contributed by atoms with Gasteiger partial charge < -0.3 is 5.09 Å². The first-order chi connectivity index (χ1) is 13.9. The monoisotopic (exact) mass is 449 g/mol. The average molecular weight is 450 g/mol. The number of anilines is 1. The maximum Gasteiger partial charge on any atom is 0.216 e. The van der Waals surface area contributed by atoms with Gasteiger partial charge in [-0.2, -0.15) is 0 Å². The highest BCUT2D eigenvalue weighted by atomic mass is 35.5. The van der Waals surface area contributed by atoms with Gasteiger partial charge in [0, 0.05) is 17.7 Å². The Balaban J connectivity index is 2.06. The lowest BCUT2D eigenvalue weighted by molar-refractivity contribution is 0.581. The van der Waals surface area contributed by atoms with E-state index in [4.69, 9.17) is 23.2 Å². The molecule has 3 rings (SSSR count). The zero-order chi connectivity index (χ0) is 20.9. The molecule has 1 unspecified atom stereocenters. The van der Waals surface area contributed by atoms with Crippen LogP contribution in [-0.4, -0.2) is 0 Å². The van der Waals surface area contributed by atoms with Crippen LogP contribution in [0.4, 0.5) is 14.5 Å². The van der Waals surface area contributed by atoms with Crippen LogP contribution in [0.3, 0.4) is 0 Å². The van der Waals surface area contributed by atoms with Crippen LogP contribution in [-0.2, 0) is 4.57 Å². The van der Waals surface area contributed by atoms with Crippen LogP contribution in [0.2, 0.25) is 0 Å². The lowest BCUT2D eigenvalue weighted by atomic mass is 10.2. The van der Waals surface area contributed by atoms with Crippen molar-refractivity contribution in [1.82, 2.24) is 0 Å². The number of halogens is 4. The molecule has 0 radical (unpaired) electrons. The van der Waals surface area contributed by atoms with Gasteiger partial charge in [0.2, 0.25) is 7.29 Å². The molecule has 3 aromatic carbocycles. The number of nitrogens with one attached hydrogen (secondary N) is 1. The van der Waals surface area contributed by atoms with Crippen LogP contribution in [0.15, 0.2) is 90.5 Å². The molecule has 1 atom stereocenters. The zero-order valence-electron chi connectivity index (χ0n) is 15.0. The van der Waals surface area contributed by atoms with Gasteiger partial charge in [0.15, 0.2) is 0 Å². The Morgan fingerprint density at radius 2 is 1.28 bits per heavy atom. The van der Waals surface area contributed by atoms with Crippen molar-refractivity contribution in [3.8, 4) is 0 Å². The minimum absolute atomic E-state index is 0.128.